The molecule has 2 atom stereocenters. The zero-order chi connectivity index (χ0) is 34.0. The summed E-state index contributed by atoms with van der Waals surface area (Å²) in [6.07, 6.45) is 4.83. The number of fused-ring (bicyclic) bond motifs is 20. The molecule has 12 rings (SSSR count). The maximum absolute atomic E-state index is 6.70. The molecule has 1 saturated carbocycles. The second-order valence-corrected chi connectivity index (χ2v) is 17.1. The van der Waals surface area contributed by atoms with E-state index in [1.54, 1.807) is 0 Å². The summed E-state index contributed by atoms with van der Waals surface area (Å²) in [5.74, 6) is 1.41. The van der Waals surface area contributed by atoms with Crippen LogP contribution in [0.1, 0.15) is 47.9 Å². The summed E-state index contributed by atoms with van der Waals surface area (Å²) >= 11 is -0.768. The summed E-state index contributed by atoms with van der Waals surface area (Å²) < 4.78 is 9.60. The van der Waals surface area contributed by atoms with E-state index in [0.29, 0.717) is 23.6 Å². The van der Waals surface area contributed by atoms with Gasteiger partial charge < -0.3 is 0 Å². The quantitative estimate of drug-likeness (QED) is 0.142. The zero-order valence-corrected chi connectivity index (χ0v) is 30.7. The second-order valence-electron chi connectivity index (χ2n) is 14.5. The molecular formula is C46H34N4OPt-2. The van der Waals surface area contributed by atoms with E-state index in [4.69, 9.17) is 4.74 Å². The molecule has 0 amide bonds. The van der Waals surface area contributed by atoms with Gasteiger partial charge in [-0.15, -0.1) is 0 Å². The molecule has 1 fully saturated rings. The van der Waals surface area contributed by atoms with Crippen LogP contribution in [0.3, 0.4) is 0 Å². The number of hydrogen-bond acceptors (Lipinski definition) is 5. The Morgan fingerprint density at radius 3 is 1.87 bits per heavy atom. The number of hydrogen-bond donors (Lipinski definition) is 0. The third-order valence-corrected chi connectivity index (χ3v) is 15.1. The molecule has 256 valence electrons. The number of nitrogens with zero attached hydrogens (tertiary/aromatic N) is 4. The van der Waals surface area contributed by atoms with Gasteiger partial charge in [0.05, 0.1) is 0 Å². The van der Waals surface area contributed by atoms with Crippen molar-refractivity contribution in [2.24, 2.45) is 0 Å². The van der Waals surface area contributed by atoms with Crippen LogP contribution in [0, 0.1) is 12.1 Å². The van der Waals surface area contributed by atoms with Gasteiger partial charge >= 0.3 is 313 Å². The van der Waals surface area contributed by atoms with Gasteiger partial charge in [-0.3, -0.25) is 0 Å². The van der Waals surface area contributed by atoms with E-state index in [1.165, 1.54) is 72.6 Å². The third kappa shape index (κ3) is 3.82. The Bertz CT molecular complexity index is 2510. The first-order valence-electron chi connectivity index (χ1n) is 18.4. The van der Waals surface area contributed by atoms with Crippen molar-refractivity contribution in [3.8, 4) is 22.6 Å². The van der Waals surface area contributed by atoms with E-state index in [9.17, 15) is 0 Å². The van der Waals surface area contributed by atoms with Crippen LogP contribution in [0.15, 0.2) is 133 Å². The van der Waals surface area contributed by atoms with Gasteiger partial charge in [-0.25, -0.2) is 0 Å². The fourth-order valence-electron chi connectivity index (χ4n) is 9.85. The van der Waals surface area contributed by atoms with Gasteiger partial charge in [-0.2, -0.15) is 0 Å². The van der Waals surface area contributed by atoms with Crippen molar-refractivity contribution in [3.05, 3.63) is 168 Å². The summed E-state index contributed by atoms with van der Waals surface area (Å²) in [6.45, 7) is 0.734. The van der Waals surface area contributed by atoms with Crippen LogP contribution in [-0.2, 0) is 29.7 Å². The Morgan fingerprint density at radius 2 is 1.13 bits per heavy atom. The van der Waals surface area contributed by atoms with Gasteiger partial charge in [-0.1, -0.05) is 0 Å². The minimum absolute atomic E-state index is 0.341. The molecule has 52 heavy (non-hydrogen) atoms. The molecule has 6 aromatic rings. The molecular weight excluding hydrogens is 820 g/mol. The van der Waals surface area contributed by atoms with Gasteiger partial charge in [0, 0.05) is 0 Å². The normalized spacial score (nSPS) is 21.2. The minimum atomic E-state index is -0.768. The number of para-hydroxylation sites is 4. The molecule has 1 spiro atoms. The van der Waals surface area contributed by atoms with E-state index in [2.05, 4.69) is 153 Å². The molecule has 6 aliphatic rings. The topological polar surface area (TPSA) is 22.2 Å². The first-order valence-corrected chi connectivity index (χ1v) is 20.6. The molecule has 2 unspecified atom stereocenters. The van der Waals surface area contributed by atoms with E-state index in [1.807, 2.05) is 12.1 Å². The van der Waals surface area contributed by atoms with Crippen molar-refractivity contribution in [2.45, 2.75) is 49.9 Å². The van der Waals surface area contributed by atoms with Gasteiger partial charge in [0.1, 0.15) is 0 Å². The molecule has 0 aromatic heterocycles. The van der Waals surface area contributed by atoms with Crippen LogP contribution in [0.4, 0.5) is 22.7 Å². The van der Waals surface area contributed by atoms with Gasteiger partial charge in [0.2, 0.25) is 0 Å². The second kappa shape index (κ2) is 10.9. The van der Waals surface area contributed by atoms with Crippen molar-refractivity contribution in [2.75, 3.05) is 19.6 Å². The van der Waals surface area contributed by atoms with E-state index >= 15 is 0 Å². The van der Waals surface area contributed by atoms with Crippen molar-refractivity contribution in [1.82, 2.24) is 0 Å². The summed E-state index contributed by atoms with van der Waals surface area (Å²) in [5.41, 5.74) is 11.9. The molecule has 5 nitrogen and oxygen atoms in total. The Hall–Kier alpha value is -5.25. The fourth-order valence-corrected chi connectivity index (χ4v) is 13.8. The van der Waals surface area contributed by atoms with Crippen molar-refractivity contribution in [3.63, 3.8) is 0 Å². The Morgan fingerprint density at radius 1 is 0.558 bits per heavy atom. The third-order valence-electron chi connectivity index (χ3n) is 11.9. The predicted molar refractivity (Wildman–Crippen MR) is 205 cm³/mol. The van der Waals surface area contributed by atoms with Crippen LogP contribution in [-0.4, -0.2) is 20.4 Å². The average Bonchev–Trinajstić information content (AvgIpc) is 3.75. The fraction of sp³-hybridized carbons (Fsp3) is 0.174. The van der Waals surface area contributed by atoms with Crippen LogP contribution in [0.2, 0.25) is 0 Å². The van der Waals surface area contributed by atoms with Crippen LogP contribution < -0.4 is 24.3 Å². The van der Waals surface area contributed by atoms with Crippen LogP contribution in [0.5, 0.6) is 11.5 Å². The predicted octanol–water partition coefficient (Wildman–Crippen LogP) is 9.10. The number of ether oxygens (including phenoxy) is 1. The number of benzene rings is 6. The van der Waals surface area contributed by atoms with Gasteiger partial charge in [0.25, 0.3) is 0 Å². The Labute approximate surface area is 311 Å². The first kappa shape index (κ1) is 29.3. The Balaban J connectivity index is 1.27. The molecule has 4 aliphatic heterocycles. The van der Waals surface area contributed by atoms with E-state index in [0.717, 1.165) is 24.1 Å². The molecule has 6 bridgehead atoms. The summed E-state index contributed by atoms with van der Waals surface area (Å²) in [6, 6.07) is 57.6. The summed E-state index contributed by atoms with van der Waals surface area (Å²) in [5, 5.41) is 0. The van der Waals surface area contributed by atoms with Crippen molar-refractivity contribution in [1.29, 1.82) is 0 Å². The molecule has 6 heteroatoms. The molecule has 2 aliphatic carbocycles. The molecule has 0 N–H and O–H groups in total. The monoisotopic (exact) mass is 853 g/mol. The Kier molecular flexibility index (Phi) is 6.14. The summed E-state index contributed by atoms with van der Waals surface area (Å²) in [7, 11) is 0. The van der Waals surface area contributed by atoms with E-state index < -0.39 is 23.2 Å². The van der Waals surface area contributed by atoms with Crippen molar-refractivity contribution < 1.29 is 22.4 Å². The summed E-state index contributed by atoms with van der Waals surface area (Å²) in [4.78, 5) is 11.0. The first-order chi connectivity index (χ1) is 25.8. The van der Waals surface area contributed by atoms with Gasteiger partial charge in [-0.05, 0) is 0 Å². The number of rotatable bonds is 0. The van der Waals surface area contributed by atoms with Crippen molar-refractivity contribution >= 4 is 31.0 Å². The van der Waals surface area contributed by atoms with E-state index in [-0.39, 0.29) is 0 Å². The molecule has 6 aromatic carbocycles. The average molecular weight is 854 g/mol. The maximum atomic E-state index is 6.70. The van der Waals surface area contributed by atoms with Crippen LogP contribution in [0.25, 0.3) is 11.1 Å². The SMILES string of the molecule is [c-]1c2cccc1Oc1[c-]c(ccc1)C1(c3ccccc3-c3ccccc31)N1[C]3=[Pt]=[C]4N(C2)c2ccccc2N4C2CCCCC2N3c2ccccc21. The standard InChI is InChI=1S/C46H34N4O.Pt/c1-3-19-38-36(17-1)37-18-2-4-20-39(37)46(38)33-14-12-16-35(28-33)51-34-15-11-13-32(27-34)29-47-30-48(41-22-6-5-21-40(41)47)42-23-7-8-24-43(42)49-31-50(46)45-26-10-9-25-44(45)49;/h1-6,9-22,25-26,42-43H,7-8,23-24,29H2;/q-2;. The molecule has 0 radical (unpaired) electrons. The van der Waals surface area contributed by atoms with Gasteiger partial charge in [0.15, 0.2) is 0 Å². The van der Waals surface area contributed by atoms with Crippen LogP contribution >= 0.6 is 0 Å². The molecule has 0 saturated heterocycles. The zero-order valence-electron chi connectivity index (χ0n) is 28.4. The number of anilines is 4. The molecule has 4 heterocycles.